The predicted molar refractivity (Wildman–Crippen MR) is 76.0 cm³/mol. The van der Waals surface area contributed by atoms with Gasteiger partial charge in [-0.2, -0.15) is 0 Å². The molecule has 3 aromatic rings. The summed E-state index contributed by atoms with van der Waals surface area (Å²) >= 11 is 12.0. The third-order valence-electron chi connectivity index (χ3n) is 2.92. The van der Waals surface area contributed by atoms with Gasteiger partial charge in [-0.05, 0) is 23.8 Å². The summed E-state index contributed by atoms with van der Waals surface area (Å²) in [6, 6.07) is 12.5. The molecule has 1 heterocycles. The van der Waals surface area contributed by atoms with Gasteiger partial charge >= 0.3 is 5.76 Å². The van der Waals surface area contributed by atoms with E-state index in [1.807, 2.05) is 18.2 Å². The second-order valence-electron chi connectivity index (χ2n) is 4.16. The lowest BCUT2D eigenvalue weighted by Gasteiger charge is -2.04. The maximum absolute atomic E-state index is 11.9. The number of fused-ring (bicyclic) bond motifs is 1. The van der Waals surface area contributed by atoms with Crippen LogP contribution in [-0.4, -0.2) is 4.57 Å². The number of halogens is 2. The van der Waals surface area contributed by atoms with E-state index in [4.69, 9.17) is 27.6 Å². The van der Waals surface area contributed by atoms with Crippen LogP contribution in [0.3, 0.4) is 0 Å². The van der Waals surface area contributed by atoms with Gasteiger partial charge in [0.1, 0.15) is 0 Å². The van der Waals surface area contributed by atoms with Gasteiger partial charge in [0.05, 0.1) is 12.1 Å². The molecule has 0 aliphatic heterocycles. The molecule has 96 valence electrons. The zero-order valence-electron chi connectivity index (χ0n) is 9.77. The van der Waals surface area contributed by atoms with E-state index < -0.39 is 5.76 Å². The van der Waals surface area contributed by atoms with Crippen LogP contribution >= 0.6 is 23.2 Å². The van der Waals surface area contributed by atoms with Gasteiger partial charge in [0.25, 0.3) is 0 Å². The van der Waals surface area contributed by atoms with Crippen molar-refractivity contribution in [1.29, 1.82) is 0 Å². The molecule has 1 aromatic heterocycles. The highest BCUT2D eigenvalue weighted by Gasteiger charge is 2.11. The summed E-state index contributed by atoms with van der Waals surface area (Å²) in [7, 11) is 0. The van der Waals surface area contributed by atoms with Crippen LogP contribution in [0.15, 0.2) is 51.7 Å². The lowest BCUT2D eigenvalue weighted by atomic mass is 10.2. The normalized spacial score (nSPS) is 11.1. The summed E-state index contributed by atoms with van der Waals surface area (Å²) in [5.41, 5.74) is 2.04. The average molecular weight is 294 g/mol. The Morgan fingerprint density at radius 3 is 2.68 bits per heavy atom. The minimum Gasteiger partial charge on any atom is -0.408 e. The number of hydrogen-bond acceptors (Lipinski definition) is 2. The van der Waals surface area contributed by atoms with E-state index in [-0.39, 0.29) is 0 Å². The Kier molecular flexibility index (Phi) is 3.09. The highest BCUT2D eigenvalue weighted by atomic mass is 35.5. The summed E-state index contributed by atoms with van der Waals surface area (Å²) < 4.78 is 6.71. The topological polar surface area (TPSA) is 35.1 Å². The monoisotopic (exact) mass is 293 g/mol. The van der Waals surface area contributed by atoms with E-state index in [0.29, 0.717) is 27.7 Å². The number of rotatable bonds is 2. The summed E-state index contributed by atoms with van der Waals surface area (Å²) in [4.78, 5) is 11.9. The highest BCUT2D eigenvalue weighted by molar-refractivity contribution is 6.31. The summed E-state index contributed by atoms with van der Waals surface area (Å²) in [6.07, 6.45) is 0. The van der Waals surface area contributed by atoms with Crippen molar-refractivity contribution in [2.45, 2.75) is 6.54 Å². The minimum absolute atomic E-state index is 0.368. The number of hydrogen-bond donors (Lipinski definition) is 0. The van der Waals surface area contributed by atoms with E-state index in [1.54, 1.807) is 24.3 Å². The molecule has 0 atom stereocenters. The molecule has 0 radical (unpaired) electrons. The van der Waals surface area contributed by atoms with Crippen LogP contribution in [-0.2, 0) is 6.54 Å². The Hall–Kier alpha value is -1.71. The fourth-order valence-corrected chi connectivity index (χ4v) is 2.34. The van der Waals surface area contributed by atoms with Crippen molar-refractivity contribution in [2.75, 3.05) is 0 Å². The first kappa shape index (κ1) is 12.3. The van der Waals surface area contributed by atoms with E-state index in [0.717, 1.165) is 5.56 Å². The standard InChI is InChI=1S/C14H9Cl2NO2/c15-10-5-6-12-13(7-10)19-14(18)17(12)8-9-3-1-2-4-11(9)16/h1-7H,8H2. The fraction of sp³-hybridized carbons (Fsp3) is 0.0714. The lowest BCUT2D eigenvalue weighted by molar-refractivity contribution is 0.518. The van der Waals surface area contributed by atoms with Crippen LogP contribution in [0.2, 0.25) is 10.0 Å². The molecule has 0 N–H and O–H groups in total. The molecule has 3 nitrogen and oxygen atoms in total. The maximum Gasteiger partial charge on any atom is 0.420 e. The minimum atomic E-state index is -0.419. The van der Waals surface area contributed by atoms with Gasteiger partial charge < -0.3 is 4.42 Å². The van der Waals surface area contributed by atoms with Crippen molar-refractivity contribution in [1.82, 2.24) is 4.57 Å². The molecule has 0 saturated heterocycles. The largest absolute Gasteiger partial charge is 0.420 e. The smallest absolute Gasteiger partial charge is 0.408 e. The molecular weight excluding hydrogens is 285 g/mol. The van der Waals surface area contributed by atoms with Crippen LogP contribution in [0.4, 0.5) is 0 Å². The Morgan fingerprint density at radius 2 is 1.89 bits per heavy atom. The van der Waals surface area contributed by atoms with Gasteiger partial charge in [-0.3, -0.25) is 4.57 Å². The van der Waals surface area contributed by atoms with Gasteiger partial charge in [0.15, 0.2) is 5.58 Å². The van der Waals surface area contributed by atoms with Crippen molar-refractivity contribution >= 4 is 34.3 Å². The van der Waals surface area contributed by atoms with Crippen molar-refractivity contribution in [3.05, 3.63) is 68.6 Å². The molecule has 19 heavy (non-hydrogen) atoms. The molecule has 0 aliphatic carbocycles. The quantitative estimate of drug-likeness (QED) is 0.717. The van der Waals surface area contributed by atoms with E-state index in [2.05, 4.69) is 0 Å². The van der Waals surface area contributed by atoms with E-state index >= 15 is 0 Å². The third-order valence-corrected chi connectivity index (χ3v) is 3.52. The molecule has 0 spiro atoms. The number of oxazole rings is 1. The first-order valence-corrected chi connectivity index (χ1v) is 6.43. The summed E-state index contributed by atoms with van der Waals surface area (Å²) in [5, 5.41) is 1.16. The Bertz CT molecular complexity index is 805. The lowest BCUT2D eigenvalue weighted by Crippen LogP contribution is -2.15. The first-order valence-electron chi connectivity index (χ1n) is 5.67. The number of benzene rings is 2. The molecule has 0 aliphatic rings. The molecule has 5 heteroatoms. The SMILES string of the molecule is O=c1oc2cc(Cl)ccc2n1Cc1ccccc1Cl. The van der Waals surface area contributed by atoms with Crippen LogP contribution in [0.5, 0.6) is 0 Å². The van der Waals surface area contributed by atoms with E-state index in [9.17, 15) is 4.79 Å². The third kappa shape index (κ3) is 2.27. The van der Waals surface area contributed by atoms with Gasteiger partial charge in [0.2, 0.25) is 0 Å². The van der Waals surface area contributed by atoms with Gasteiger partial charge in [-0.1, -0.05) is 41.4 Å². The molecule has 2 aromatic carbocycles. The van der Waals surface area contributed by atoms with Crippen LogP contribution in [0.25, 0.3) is 11.1 Å². The molecule has 0 unspecified atom stereocenters. The molecule has 0 saturated carbocycles. The van der Waals surface area contributed by atoms with Gasteiger partial charge in [-0.25, -0.2) is 4.79 Å². The number of aromatic nitrogens is 1. The van der Waals surface area contributed by atoms with Crippen molar-refractivity contribution in [2.24, 2.45) is 0 Å². The summed E-state index contributed by atoms with van der Waals surface area (Å²) in [6.45, 7) is 0.368. The predicted octanol–water partition coefficient (Wildman–Crippen LogP) is 3.95. The van der Waals surface area contributed by atoms with Gasteiger partial charge in [0, 0.05) is 16.1 Å². The van der Waals surface area contributed by atoms with Gasteiger partial charge in [-0.15, -0.1) is 0 Å². The van der Waals surface area contributed by atoms with Crippen LogP contribution < -0.4 is 5.76 Å². The molecule has 0 amide bonds. The summed E-state index contributed by atoms with van der Waals surface area (Å²) in [5.74, 6) is -0.419. The van der Waals surface area contributed by atoms with Crippen LogP contribution in [0, 0.1) is 0 Å². The molecule has 0 bridgehead atoms. The Labute approximate surface area is 119 Å². The second-order valence-corrected chi connectivity index (χ2v) is 5.00. The first-order chi connectivity index (χ1) is 9.15. The van der Waals surface area contributed by atoms with Crippen molar-refractivity contribution in [3.63, 3.8) is 0 Å². The van der Waals surface area contributed by atoms with Crippen LogP contribution in [0.1, 0.15) is 5.56 Å². The molecular formula is C14H9Cl2NO2. The average Bonchev–Trinajstić information content (AvgIpc) is 2.68. The second kappa shape index (κ2) is 4.76. The Balaban J connectivity index is 2.13. The van der Waals surface area contributed by atoms with Crippen molar-refractivity contribution in [3.8, 4) is 0 Å². The molecule has 3 rings (SSSR count). The van der Waals surface area contributed by atoms with Crippen molar-refractivity contribution < 1.29 is 4.42 Å². The molecule has 0 fully saturated rings. The fourth-order valence-electron chi connectivity index (χ4n) is 1.99. The number of nitrogens with zero attached hydrogens (tertiary/aromatic N) is 1. The highest BCUT2D eigenvalue weighted by Crippen LogP contribution is 2.21. The van der Waals surface area contributed by atoms with E-state index in [1.165, 1.54) is 4.57 Å². The zero-order valence-corrected chi connectivity index (χ0v) is 11.3. The zero-order chi connectivity index (χ0) is 13.4. The maximum atomic E-state index is 11.9. The Morgan fingerprint density at radius 1 is 1.11 bits per heavy atom.